The number of halogens is 1. The van der Waals surface area contributed by atoms with Gasteiger partial charge in [-0.2, -0.15) is 8.42 Å². The summed E-state index contributed by atoms with van der Waals surface area (Å²) in [4.78, 5) is 0.115. The summed E-state index contributed by atoms with van der Waals surface area (Å²) in [5.74, 6) is 0. The first-order valence-electron chi connectivity index (χ1n) is 3.77. The van der Waals surface area contributed by atoms with Gasteiger partial charge in [0.1, 0.15) is 4.90 Å². The summed E-state index contributed by atoms with van der Waals surface area (Å²) in [7, 11) is -3.72. The standard InChI is InChI=1S/C9H9BrO3S/c1-7-3-5-9(6-4-7)14(11,12)13-8(2)10/h3-6H,2H2,1H3. The predicted molar refractivity (Wildman–Crippen MR) is 57.5 cm³/mol. The normalized spacial score (nSPS) is 11.0. The molecule has 0 aliphatic rings. The molecule has 0 saturated heterocycles. The van der Waals surface area contributed by atoms with E-state index in [1.807, 2.05) is 6.92 Å². The Kier molecular flexibility index (Phi) is 3.34. The monoisotopic (exact) mass is 276 g/mol. The molecular formula is C9H9BrO3S. The molecule has 0 N–H and O–H groups in total. The molecule has 14 heavy (non-hydrogen) atoms. The smallest absolute Gasteiger partial charge is 0.339 e. The fourth-order valence-corrected chi connectivity index (χ4v) is 2.20. The summed E-state index contributed by atoms with van der Waals surface area (Å²) in [6.07, 6.45) is 0. The summed E-state index contributed by atoms with van der Waals surface area (Å²) in [6, 6.07) is 6.38. The first-order valence-corrected chi connectivity index (χ1v) is 5.97. The van der Waals surface area contributed by atoms with Crippen molar-refractivity contribution in [3.63, 3.8) is 0 Å². The maximum absolute atomic E-state index is 11.4. The quantitative estimate of drug-likeness (QED) is 0.630. The average Bonchev–Trinajstić information content (AvgIpc) is 2.02. The molecule has 0 saturated carbocycles. The Hall–Kier alpha value is -0.810. The molecule has 1 aromatic carbocycles. The molecule has 0 fully saturated rings. The van der Waals surface area contributed by atoms with Gasteiger partial charge >= 0.3 is 10.1 Å². The van der Waals surface area contributed by atoms with Crippen molar-refractivity contribution < 1.29 is 12.6 Å². The Morgan fingerprint density at radius 2 is 1.86 bits per heavy atom. The van der Waals surface area contributed by atoms with Gasteiger partial charge in [-0.25, -0.2) is 0 Å². The Morgan fingerprint density at radius 1 is 1.36 bits per heavy atom. The summed E-state index contributed by atoms with van der Waals surface area (Å²) < 4.78 is 27.4. The van der Waals surface area contributed by atoms with Crippen LogP contribution in [0.1, 0.15) is 5.56 Å². The molecule has 0 spiro atoms. The van der Waals surface area contributed by atoms with Gasteiger partial charge in [-0.15, -0.1) is 0 Å². The Bertz CT molecular complexity index is 434. The highest BCUT2D eigenvalue weighted by molar-refractivity contribution is 9.11. The third-order valence-electron chi connectivity index (χ3n) is 1.51. The van der Waals surface area contributed by atoms with E-state index in [0.717, 1.165) is 5.56 Å². The fourth-order valence-electron chi connectivity index (χ4n) is 0.872. The van der Waals surface area contributed by atoms with Crippen molar-refractivity contribution in [2.45, 2.75) is 11.8 Å². The molecule has 0 aromatic heterocycles. The number of hydrogen-bond donors (Lipinski definition) is 0. The molecule has 0 heterocycles. The highest BCUT2D eigenvalue weighted by Gasteiger charge is 2.15. The summed E-state index contributed by atoms with van der Waals surface area (Å²) >= 11 is 2.83. The minimum Gasteiger partial charge on any atom is -0.372 e. The zero-order chi connectivity index (χ0) is 10.8. The van der Waals surface area contributed by atoms with Crippen LogP contribution in [0.15, 0.2) is 40.4 Å². The van der Waals surface area contributed by atoms with Gasteiger partial charge in [0, 0.05) is 0 Å². The van der Waals surface area contributed by atoms with E-state index in [-0.39, 0.29) is 9.56 Å². The highest BCUT2D eigenvalue weighted by Crippen LogP contribution is 2.17. The first kappa shape index (κ1) is 11.3. The summed E-state index contributed by atoms with van der Waals surface area (Å²) in [5, 5.41) is 0. The second kappa shape index (κ2) is 4.14. The molecule has 0 aliphatic heterocycles. The van der Waals surface area contributed by atoms with Gasteiger partial charge in [0.05, 0.1) is 0 Å². The Labute approximate surface area is 91.7 Å². The van der Waals surface area contributed by atoms with Crippen LogP contribution in [-0.2, 0) is 14.3 Å². The van der Waals surface area contributed by atoms with Gasteiger partial charge < -0.3 is 4.18 Å². The molecule has 0 unspecified atom stereocenters. The minimum atomic E-state index is -3.72. The molecule has 76 valence electrons. The molecule has 5 heteroatoms. The highest BCUT2D eigenvalue weighted by atomic mass is 79.9. The van der Waals surface area contributed by atoms with E-state index in [2.05, 4.69) is 26.7 Å². The van der Waals surface area contributed by atoms with Crippen LogP contribution in [0.2, 0.25) is 0 Å². The van der Waals surface area contributed by atoms with E-state index in [4.69, 9.17) is 0 Å². The molecule has 0 atom stereocenters. The zero-order valence-corrected chi connectivity index (χ0v) is 9.93. The van der Waals surface area contributed by atoms with Gasteiger partial charge in [0.2, 0.25) is 0 Å². The molecule has 1 rings (SSSR count). The van der Waals surface area contributed by atoms with Crippen molar-refractivity contribution in [3.8, 4) is 0 Å². The molecular weight excluding hydrogens is 268 g/mol. The lowest BCUT2D eigenvalue weighted by Crippen LogP contribution is -2.03. The molecule has 0 amide bonds. The van der Waals surface area contributed by atoms with Crippen LogP contribution in [0.25, 0.3) is 0 Å². The van der Waals surface area contributed by atoms with Crippen LogP contribution >= 0.6 is 15.9 Å². The van der Waals surface area contributed by atoms with Crippen molar-refractivity contribution >= 4 is 26.0 Å². The van der Waals surface area contributed by atoms with Crippen LogP contribution in [0, 0.1) is 6.92 Å². The summed E-state index contributed by atoms with van der Waals surface area (Å²) in [6.45, 7) is 5.17. The third-order valence-corrected chi connectivity index (χ3v) is 3.16. The van der Waals surface area contributed by atoms with Crippen molar-refractivity contribution in [2.24, 2.45) is 0 Å². The number of benzene rings is 1. The topological polar surface area (TPSA) is 43.4 Å². The molecule has 1 aromatic rings. The van der Waals surface area contributed by atoms with E-state index in [1.165, 1.54) is 12.1 Å². The van der Waals surface area contributed by atoms with Crippen LogP contribution in [0.5, 0.6) is 0 Å². The van der Waals surface area contributed by atoms with Gasteiger partial charge in [0.25, 0.3) is 0 Å². The lowest BCUT2D eigenvalue weighted by atomic mass is 10.2. The van der Waals surface area contributed by atoms with Gasteiger partial charge in [-0.3, -0.25) is 0 Å². The molecule has 0 aliphatic carbocycles. The molecule has 3 nitrogen and oxygen atoms in total. The van der Waals surface area contributed by atoms with Crippen LogP contribution < -0.4 is 0 Å². The average molecular weight is 277 g/mol. The first-order chi connectivity index (χ1) is 6.42. The van der Waals surface area contributed by atoms with Crippen molar-refractivity contribution in [3.05, 3.63) is 41.1 Å². The fraction of sp³-hybridized carbons (Fsp3) is 0.111. The van der Waals surface area contributed by atoms with Gasteiger partial charge in [-0.05, 0) is 41.6 Å². The van der Waals surface area contributed by atoms with Crippen molar-refractivity contribution in [1.29, 1.82) is 0 Å². The Balaban J connectivity index is 3.05. The summed E-state index contributed by atoms with van der Waals surface area (Å²) in [5.41, 5.74) is 0.988. The second-order valence-electron chi connectivity index (χ2n) is 2.71. The minimum absolute atomic E-state index is 0.0296. The van der Waals surface area contributed by atoms with E-state index >= 15 is 0 Å². The zero-order valence-electron chi connectivity index (χ0n) is 7.53. The van der Waals surface area contributed by atoms with E-state index in [1.54, 1.807) is 12.1 Å². The lowest BCUT2D eigenvalue weighted by Gasteiger charge is -2.04. The van der Waals surface area contributed by atoms with Crippen molar-refractivity contribution in [1.82, 2.24) is 0 Å². The lowest BCUT2D eigenvalue weighted by molar-refractivity contribution is 0.437. The second-order valence-corrected chi connectivity index (χ2v) is 5.14. The number of aryl methyl sites for hydroxylation is 1. The van der Waals surface area contributed by atoms with E-state index in [0.29, 0.717) is 0 Å². The number of rotatable bonds is 3. The molecule has 0 bridgehead atoms. The van der Waals surface area contributed by atoms with E-state index in [9.17, 15) is 8.42 Å². The number of hydrogen-bond acceptors (Lipinski definition) is 3. The Morgan fingerprint density at radius 3 is 2.29 bits per heavy atom. The third kappa shape index (κ3) is 2.85. The van der Waals surface area contributed by atoms with Crippen LogP contribution in [-0.4, -0.2) is 8.42 Å². The van der Waals surface area contributed by atoms with Crippen LogP contribution in [0.3, 0.4) is 0 Å². The maximum atomic E-state index is 11.4. The van der Waals surface area contributed by atoms with Crippen LogP contribution in [0.4, 0.5) is 0 Å². The molecule has 0 radical (unpaired) electrons. The largest absolute Gasteiger partial charge is 0.372 e. The van der Waals surface area contributed by atoms with Gasteiger partial charge in [0.15, 0.2) is 4.67 Å². The van der Waals surface area contributed by atoms with Gasteiger partial charge in [-0.1, -0.05) is 17.7 Å². The van der Waals surface area contributed by atoms with E-state index < -0.39 is 10.1 Å². The maximum Gasteiger partial charge on any atom is 0.339 e. The predicted octanol–water partition coefficient (Wildman–Crippen LogP) is 2.57. The van der Waals surface area contributed by atoms with Crippen molar-refractivity contribution in [2.75, 3.05) is 0 Å². The SMILES string of the molecule is C=C(Br)OS(=O)(=O)c1ccc(C)cc1.